The summed E-state index contributed by atoms with van der Waals surface area (Å²) in [5, 5.41) is 17.2. The van der Waals surface area contributed by atoms with Gasteiger partial charge in [-0.25, -0.2) is 0 Å². The quantitative estimate of drug-likeness (QED) is 0.588. The molecule has 0 saturated carbocycles. The molecule has 1 radical (unpaired) electrons. The van der Waals surface area contributed by atoms with Crippen LogP contribution in [-0.2, 0) is 32.0 Å². The van der Waals surface area contributed by atoms with Gasteiger partial charge in [0.1, 0.15) is 0 Å². The van der Waals surface area contributed by atoms with E-state index in [1.807, 2.05) is 0 Å². The summed E-state index contributed by atoms with van der Waals surface area (Å²) in [7, 11) is 0. The molecule has 75 valence electrons. The number of hydrogen-bond acceptors (Lipinski definition) is 2. The van der Waals surface area contributed by atoms with Gasteiger partial charge in [0.25, 0.3) is 0 Å². The van der Waals surface area contributed by atoms with Crippen molar-refractivity contribution in [1.82, 2.24) is 0 Å². The van der Waals surface area contributed by atoms with E-state index in [0.29, 0.717) is 0 Å². The number of carboxylic acid groups (broad SMARTS) is 2. The smallest absolute Gasteiger partial charge is 0.321 e. The predicted molar refractivity (Wildman–Crippen MR) is 38.3 cm³/mol. The number of aliphatic carboxylic acids is 2. The third-order valence-corrected chi connectivity index (χ3v) is 2.03. The Kier molecular flexibility index (Phi) is 6.34. The van der Waals surface area contributed by atoms with Crippen LogP contribution in [0.3, 0.4) is 0 Å². The molecule has 4 nitrogen and oxygen atoms in total. The van der Waals surface area contributed by atoms with Crippen molar-refractivity contribution < 1.29 is 42.2 Å². The second kappa shape index (κ2) is 5.35. The first-order chi connectivity index (χ1) is 5.01. The Hall–Kier alpha value is -0.320. The molecule has 0 aromatic rings. The van der Waals surface area contributed by atoms with Crippen LogP contribution in [0, 0.1) is 5.41 Å². The molecule has 0 aliphatic rings. The normalized spacial score (nSPS) is 10.2. The van der Waals surface area contributed by atoms with Gasteiger partial charge in [0.05, 0.1) is 0 Å². The van der Waals surface area contributed by atoms with Gasteiger partial charge < -0.3 is 10.2 Å². The Balaban J connectivity index is 0. The SMILES string of the molecule is CCC(CC)(C(=O)O)C(=O)O.[Ag]. The van der Waals surface area contributed by atoms with Crippen molar-refractivity contribution in [2.75, 3.05) is 0 Å². The summed E-state index contributed by atoms with van der Waals surface area (Å²) in [5.74, 6) is -2.51. The maximum absolute atomic E-state index is 10.5. The van der Waals surface area contributed by atoms with E-state index in [1.165, 1.54) is 0 Å². The molecular formula is C7H12AgO4. The largest absolute Gasteiger partial charge is 0.480 e. The standard InChI is InChI=1S/C7H12O4.Ag/c1-3-7(4-2,5(8)9)6(10)11;/h3-4H2,1-2H3,(H,8,9)(H,10,11);. The van der Waals surface area contributed by atoms with Gasteiger partial charge in [-0.05, 0) is 12.8 Å². The van der Waals surface area contributed by atoms with E-state index >= 15 is 0 Å². The van der Waals surface area contributed by atoms with Crippen LogP contribution in [0.15, 0.2) is 0 Å². The Morgan fingerprint density at radius 2 is 1.33 bits per heavy atom. The van der Waals surface area contributed by atoms with E-state index in [1.54, 1.807) is 13.8 Å². The zero-order valence-electron chi connectivity index (χ0n) is 6.93. The maximum atomic E-state index is 10.5. The fourth-order valence-corrected chi connectivity index (χ4v) is 0.946. The van der Waals surface area contributed by atoms with Crippen LogP contribution >= 0.6 is 0 Å². The van der Waals surface area contributed by atoms with E-state index in [4.69, 9.17) is 10.2 Å². The van der Waals surface area contributed by atoms with E-state index in [2.05, 4.69) is 0 Å². The topological polar surface area (TPSA) is 74.6 Å². The Labute approximate surface area is 86.5 Å². The third-order valence-electron chi connectivity index (χ3n) is 2.03. The Bertz CT molecular complexity index is 158. The average molecular weight is 268 g/mol. The van der Waals surface area contributed by atoms with Gasteiger partial charge in [-0.1, -0.05) is 13.8 Å². The minimum absolute atomic E-state index is 0. The van der Waals surface area contributed by atoms with E-state index in [-0.39, 0.29) is 35.2 Å². The molecule has 0 aliphatic carbocycles. The monoisotopic (exact) mass is 267 g/mol. The molecule has 0 spiro atoms. The summed E-state index contributed by atoms with van der Waals surface area (Å²) in [6.45, 7) is 3.12. The average Bonchev–Trinajstić information content (AvgIpc) is 1.90. The van der Waals surface area contributed by atoms with Crippen LogP contribution in [0.4, 0.5) is 0 Å². The molecule has 0 rings (SSSR count). The molecule has 5 heteroatoms. The van der Waals surface area contributed by atoms with Crippen LogP contribution in [0.2, 0.25) is 0 Å². The Morgan fingerprint density at radius 1 is 1.08 bits per heavy atom. The molecule has 0 fully saturated rings. The van der Waals surface area contributed by atoms with E-state index < -0.39 is 17.4 Å². The molecule has 0 amide bonds. The molecular weight excluding hydrogens is 256 g/mol. The van der Waals surface area contributed by atoms with Crippen LogP contribution in [0.25, 0.3) is 0 Å². The molecule has 12 heavy (non-hydrogen) atoms. The summed E-state index contributed by atoms with van der Waals surface area (Å²) < 4.78 is 0. The van der Waals surface area contributed by atoms with Crippen LogP contribution in [0.1, 0.15) is 26.7 Å². The predicted octanol–water partition coefficient (Wildman–Crippen LogP) is 0.960. The van der Waals surface area contributed by atoms with Gasteiger partial charge >= 0.3 is 11.9 Å². The van der Waals surface area contributed by atoms with Gasteiger partial charge in [0.15, 0.2) is 5.41 Å². The molecule has 0 bridgehead atoms. The van der Waals surface area contributed by atoms with E-state index in [0.717, 1.165) is 0 Å². The van der Waals surface area contributed by atoms with E-state index in [9.17, 15) is 9.59 Å². The van der Waals surface area contributed by atoms with Gasteiger partial charge in [-0.15, -0.1) is 0 Å². The first-order valence-corrected chi connectivity index (χ1v) is 3.48. The van der Waals surface area contributed by atoms with Gasteiger partial charge in [-0.3, -0.25) is 9.59 Å². The molecule has 2 N–H and O–H groups in total. The van der Waals surface area contributed by atoms with Crippen molar-refractivity contribution in [3.8, 4) is 0 Å². The minimum atomic E-state index is -1.58. The number of carbonyl (C=O) groups is 2. The molecule has 0 aromatic carbocycles. The minimum Gasteiger partial charge on any atom is -0.480 e. The molecule has 0 saturated heterocycles. The summed E-state index contributed by atoms with van der Waals surface area (Å²) in [4.78, 5) is 21.1. The van der Waals surface area contributed by atoms with Crippen molar-refractivity contribution in [2.24, 2.45) is 5.41 Å². The number of carboxylic acids is 2. The molecule has 0 unspecified atom stereocenters. The van der Waals surface area contributed by atoms with Crippen LogP contribution < -0.4 is 0 Å². The summed E-state index contributed by atoms with van der Waals surface area (Å²) >= 11 is 0. The fourth-order valence-electron chi connectivity index (χ4n) is 0.946. The first kappa shape index (κ1) is 14.2. The number of rotatable bonds is 4. The van der Waals surface area contributed by atoms with Gasteiger partial charge in [0, 0.05) is 22.4 Å². The van der Waals surface area contributed by atoms with Crippen LogP contribution in [-0.4, -0.2) is 22.2 Å². The van der Waals surface area contributed by atoms with Crippen molar-refractivity contribution in [3.63, 3.8) is 0 Å². The van der Waals surface area contributed by atoms with Crippen LogP contribution in [0.5, 0.6) is 0 Å². The fraction of sp³-hybridized carbons (Fsp3) is 0.714. The Morgan fingerprint density at radius 3 is 1.33 bits per heavy atom. The zero-order chi connectivity index (χ0) is 9.07. The molecule has 0 heterocycles. The first-order valence-electron chi connectivity index (χ1n) is 3.48. The second-order valence-corrected chi connectivity index (χ2v) is 2.40. The summed E-state index contributed by atoms with van der Waals surface area (Å²) in [5.41, 5.74) is -1.58. The zero-order valence-corrected chi connectivity index (χ0v) is 8.41. The summed E-state index contributed by atoms with van der Waals surface area (Å²) in [6, 6.07) is 0. The third kappa shape index (κ3) is 2.33. The molecule has 0 aliphatic heterocycles. The second-order valence-electron chi connectivity index (χ2n) is 2.40. The van der Waals surface area contributed by atoms with Crippen molar-refractivity contribution in [2.45, 2.75) is 26.7 Å². The maximum Gasteiger partial charge on any atom is 0.321 e. The molecule has 0 aromatic heterocycles. The van der Waals surface area contributed by atoms with Gasteiger partial charge in [-0.2, -0.15) is 0 Å². The van der Waals surface area contributed by atoms with Crippen molar-refractivity contribution in [1.29, 1.82) is 0 Å². The van der Waals surface area contributed by atoms with Crippen molar-refractivity contribution in [3.05, 3.63) is 0 Å². The summed E-state index contributed by atoms with van der Waals surface area (Å²) in [6.07, 6.45) is 0.238. The molecule has 0 atom stereocenters. The van der Waals surface area contributed by atoms with Gasteiger partial charge in [0.2, 0.25) is 0 Å². The van der Waals surface area contributed by atoms with Crippen molar-refractivity contribution >= 4 is 11.9 Å². The number of hydrogen-bond donors (Lipinski definition) is 2.